The third kappa shape index (κ3) is 2.97. The second kappa shape index (κ2) is 6.78. The maximum absolute atomic E-state index is 13.2. The molecule has 7 heteroatoms. The monoisotopic (exact) mass is 393 g/mol. The van der Waals surface area contributed by atoms with Gasteiger partial charge >= 0.3 is 0 Å². The van der Waals surface area contributed by atoms with Crippen molar-refractivity contribution in [1.29, 1.82) is 0 Å². The van der Waals surface area contributed by atoms with E-state index in [0.29, 0.717) is 34.2 Å². The molecule has 0 saturated heterocycles. The second-order valence-electron chi connectivity index (χ2n) is 6.93. The SMILES string of the molecule is CC[C@@H](C1CC1)n1cc(Cl)nc(N2CCc3cc(OC)cc(Cl)c32)c1=O. The summed E-state index contributed by atoms with van der Waals surface area (Å²) in [4.78, 5) is 19.5. The number of fused-ring (bicyclic) bond motifs is 1. The molecule has 0 bridgehead atoms. The lowest BCUT2D eigenvalue weighted by Gasteiger charge is -2.23. The summed E-state index contributed by atoms with van der Waals surface area (Å²) < 4.78 is 7.07. The predicted octanol–water partition coefficient (Wildman–Crippen LogP) is 4.61. The number of halogens is 2. The highest BCUT2D eigenvalue weighted by atomic mass is 35.5. The fourth-order valence-electron chi connectivity index (χ4n) is 3.92. The quantitative estimate of drug-likeness (QED) is 0.743. The highest BCUT2D eigenvalue weighted by molar-refractivity contribution is 6.34. The molecule has 4 rings (SSSR count). The fourth-order valence-corrected chi connectivity index (χ4v) is 4.44. The zero-order valence-corrected chi connectivity index (χ0v) is 16.3. The van der Waals surface area contributed by atoms with E-state index < -0.39 is 0 Å². The Morgan fingerprint density at radius 1 is 1.35 bits per heavy atom. The van der Waals surface area contributed by atoms with Crippen LogP contribution in [0.5, 0.6) is 5.75 Å². The van der Waals surface area contributed by atoms with E-state index in [1.54, 1.807) is 23.9 Å². The lowest BCUT2D eigenvalue weighted by Crippen LogP contribution is -2.32. The Labute approximate surface area is 162 Å². The van der Waals surface area contributed by atoms with Gasteiger partial charge in [-0.05, 0) is 43.2 Å². The largest absolute Gasteiger partial charge is 0.497 e. The van der Waals surface area contributed by atoms with Crippen molar-refractivity contribution in [2.45, 2.75) is 38.6 Å². The van der Waals surface area contributed by atoms with E-state index in [1.165, 1.54) is 12.8 Å². The molecule has 1 aromatic heterocycles. The molecular weight excluding hydrogens is 373 g/mol. The van der Waals surface area contributed by atoms with Crippen molar-refractivity contribution in [3.8, 4) is 5.75 Å². The molecule has 1 aromatic carbocycles. The lowest BCUT2D eigenvalue weighted by molar-refractivity contribution is 0.414. The zero-order chi connectivity index (χ0) is 18.4. The summed E-state index contributed by atoms with van der Waals surface area (Å²) in [6, 6.07) is 3.90. The predicted molar refractivity (Wildman–Crippen MR) is 104 cm³/mol. The van der Waals surface area contributed by atoms with Crippen molar-refractivity contribution in [1.82, 2.24) is 9.55 Å². The first kappa shape index (κ1) is 17.7. The van der Waals surface area contributed by atoms with Gasteiger partial charge in [-0.2, -0.15) is 0 Å². The maximum Gasteiger partial charge on any atom is 0.294 e. The van der Waals surface area contributed by atoms with E-state index in [2.05, 4.69) is 11.9 Å². The number of rotatable bonds is 5. The van der Waals surface area contributed by atoms with Crippen molar-refractivity contribution < 1.29 is 4.74 Å². The van der Waals surface area contributed by atoms with Gasteiger partial charge in [0.15, 0.2) is 0 Å². The van der Waals surface area contributed by atoms with Crippen molar-refractivity contribution in [3.63, 3.8) is 0 Å². The van der Waals surface area contributed by atoms with E-state index in [1.807, 2.05) is 11.0 Å². The Kier molecular flexibility index (Phi) is 4.61. The first-order valence-corrected chi connectivity index (χ1v) is 9.71. The van der Waals surface area contributed by atoms with Gasteiger partial charge in [-0.3, -0.25) is 4.79 Å². The molecule has 138 valence electrons. The van der Waals surface area contributed by atoms with Gasteiger partial charge in [-0.1, -0.05) is 30.1 Å². The van der Waals surface area contributed by atoms with Gasteiger partial charge in [0.25, 0.3) is 5.56 Å². The van der Waals surface area contributed by atoms with E-state index in [-0.39, 0.29) is 11.6 Å². The molecule has 2 aromatic rings. The van der Waals surface area contributed by atoms with E-state index >= 15 is 0 Å². The van der Waals surface area contributed by atoms with E-state index in [4.69, 9.17) is 27.9 Å². The molecule has 0 spiro atoms. The average Bonchev–Trinajstić information content (AvgIpc) is 3.36. The molecule has 0 N–H and O–H groups in total. The first-order valence-electron chi connectivity index (χ1n) is 8.96. The fraction of sp³-hybridized carbons (Fsp3) is 0.474. The Morgan fingerprint density at radius 3 is 2.77 bits per heavy atom. The van der Waals surface area contributed by atoms with Crippen LogP contribution in [0.15, 0.2) is 23.1 Å². The molecule has 1 aliphatic carbocycles. The topological polar surface area (TPSA) is 47.4 Å². The van der Waals surface area contributed by atoms with Gasteiger partial charge in [0, 0.05) is 24.8 Å². The van der Waals surface area contributed by atoms with Crippen LogP contribution in [0.1, 0.15) is 37.8 Å². The highest BCUT2D eigenvalue weighted by Gasteiger charge is 2.34. The third-order valence-corrected chi connectivity index (χ3v) is 5.78. The molecule has 5 nitrogen and oxygen atoms in total. The smallest absolute Gasteiger partial charge is 0.294 e. The molecule has 2 heterocycles. The van der Waals surface area contributed by atoms with E-state index in [9.17, 15) is 4.79 Å². The number of anilines is 2. The van der Waals surface area contributed by atoms with Crippen molar-refractivity contribution in [3.05, 3.63) is 44.4 Å². The molecule has 0 unspecified atom stereocenters. The number of hydrogen-bond donors (Lipinski definition) is 0. The Morgan fingerprint density at radius 2 is 2.12 bits per heavy atom. The van der Waals surface area contributed by atoms with Crippen LogP contribution in [0.25, 0.3) is 0 Å². The van der Waals surface area contributed by atoms with Gasteiger partial charge in [0.2, 0.25) is 5.82 Å². The summed E-state index contributed by atoms with van der Waals surface area (Å²) in [5.74, 6) is 1.62. The van der Waals surface area contributed by atoms with Gasteiger partial charge in [-0.15, -0.1) is 0 Å². The normalized spacial score (nSPS) is 17.3. The summed E-state index contributed by atoms with van der Waals surface area (Å²) >= 11 is 12.8. The summed E-state index contributed by atoms with van der Waals surface area (Å²) in [6.45, 7) is 2.75. The van der Waals surface area contributed by atoms with Crippen molar-refractivity contribution in [2.24, 2.45) is 5.92 Å². The molecule has 0 radical (unpaired) electrons. The minimum absolute atomic E-state index is 0.104. The van der Waals surface area contributed by atoms with Crippen LogP contribution in [0.2, 0.25) is 10.2 Å². The van der Waals surface area contributed by atoms with Crippen LogP contribution in [0.4, 0.5) is 11.5 Å². The number of benzene rings is 1. The number of ether oxygens (including phenoxy) is 1. The first-order chi connectivity index (χ1) is 12.5. The summed E-state index contributed by atoms with van der Waals surface area (Å²) in [7, 11) is 1.62. The number of nitrogens with zero attached hydrogens (tertiary/aromatic N) is 3. The van der Waals surface area contributed by atoms with Gasteiger partial charge in [0.1, 0.15) is 10.9 Å². The van der Waals surface area contributed by atoms with Crippen LogP contribution in [0, 0.1) is 5.92 Å². The van der Waals surface area contributed by atoms with Crippen molar-refractivity contribution >= 4 is 34.7 Å². The molecule has 1 fully saturated rings. The summed E-state index contributed by atoms with van der Waals surface area (Å²) in [5.41, 5.74) is 1.77. The molecule has 0 amide bonds. The van der Waals surface area contributed by atoms with Gasteiger partial charge in [-0.25, -0.2) is 4.98 Å². The average molecular weight is 394 g/mol. The molecule has 26 heavy (non-hydrogen) atoms. The standard InChI is InChI=1S/C19H21Cl2N3O2/c1-3-15(11-4-5-11)24-10-16(21)22-18(19(24)25)23-7-6-12-8-13(26-2)9-14(20)17(12)23/h8-11,15H,3-7H2,1-2H3/t15-/m0/s1. The Hall–Kier alpha value is -1.72. The summed E-state index contributed by atoms with van der Waals surface area (Å²) in [6.07, 6.45) is 5.68. The third-order valence-electron chi connectivity index (χ3n) is 5.31. The van der Waals surface area contributed by atoms with Gasteiger partial charge < -0.3 is 14.2 Å². The van der Waals surface area contributed by atoms with Crippen LogP contribution < -0.4 is 15.2 Å². The van der Waals surface area contributed by atoms with Gasteiger partial charge in [0.05, 0.1) is 17.8 Å². The molecule has 2 aliphatic rings. The minimum Gasteiger partial charge on any atom is -0.497 e. The van der Waals surface area contributed by atoms with Crippen molar-refractivity contribution in [2.75, 3.05) is 18.6 Å². The second-order valence-corrected chi connectivity index (χ2v) is 7.73. The minimum atomic E-state index is -0.104. The number of methoxy groups -OCH3 is 1. The van der Waals surface area contributed by atoms with Crippen LogP contribution in [-0.4, -0.2) is 23.2 Å². The van der Waals surface area contributed by atoms with Crippen LogP contribution in [-0.2, 0) is 6.42 Å². The van der Waals surface area contributed by atoms with E-state index in [0.717, 1.165) is 24.1 Å². The highest BCUT2D eigenvalue weighted by Crippen LogP contribution is 2.43. The number of aromatic nitrogens is 2. The van der Waals surface area contributed by atoms with Crippen LogP contribution >= 0.6 is 23.2 Å². The Balaban J connectivity index is 1.81. The Bertz CT molecular complexity index is 908. The number of hydrogen-bond acceptors (Lipinski definition) is 4. The molecule has 1 aliphatic heterocycles. The maximum atomic E-state index is 13.2. The zero-order valence-electron chi connectivity index (χ0n) is 14.8. The molecule has 1 atom stereocenters. The lowest BCUT2D eigenvalue weighted by atomic mass is 10.1. The molecular formula is C19H21Cl2N3O2. The van der Waals surface area contributed by atoms with Crippen LogP contribution in [0.3, 0.4) is 0 Å². The molecule has 1 saturated carbocycles. The summed E-state index contributed by atoms with van der Waals surface area (Å²) in [5, 5.41) is 0.885.